The third kappa shape index (κ3) is 4.60. The first kappa shape index (κ1) is 25.0. The van der Waals surface area contributed by atoms with Crippen LogP contribution in [-0.4, -0.2) is 29.7 Å². The molecule has 0 unspecified atom stereocenters. The Labute approximate surface area is 221 Å². The van der Waals surface area contributed by atoms with E-state index in [4.69, 9.17) is 28.3 Å². The second kappa shape index (κ2) is 10.3. The number of nitrogens with zero attached hydrogens (tertiary/aromatic N) is 3. The number of amides is 2. The summed E-state index contributed by atoms with van der Waals surface area (Å²) >= 11 is 12.1. The van der Waals surface area contributed by atoms with Crippen molar-refractivity contribution >= 4 is 63.4 Å². The molecule has 1 N–H and O–H groups in total. The maximum absolute atomic E-state index is 13.4. The summed E-state index contributed by atoms with van der Waals surface area (Å²) in [7, 11) is 0. The molecule has 2 heterocycles. The van der Waals surface area contributed by atoms with Gasteiger partial charge in [0.2, 0.25) is 0 Å². The molecule has 1 aromatic heterocycles. The number of imide groups is 1. The zero-order valence-corrected chi connectivity index (χ0v) is 21.3. The molecule has 2 amide bonds. The smallest absolute Gasteiger partial charge is 0.265 e. The summed E-state index contributed by atoms with van der Waals surface area (Å²) in [5, 5.41) is 10.9. The Balaban J connectivity index is 0.00000289. The Kier molecular flexibility index (Phi) is 7.33. The molecule has 0 saturated heterocycles. The standard InChI is InChI=1S/C26H18Cl2N3O3.BrH/c27-21-6-4-17(14-22(21)28)31-25(33)19-3-1-2-18-23(7-5-20(24(18)19)26(31)34)29-15-16-8-10-30(11-9-16)12-13-32;/h1-11,14-15,32H,12-13H2;1H/q+1;/p-1. The van der Waals surface area contributed by atoms with Gasteiger partial charge in [-0.25, -0.2) is 9.47 Å². The lowest BCUT2D eigenvalue weighted by Gasteiger charge is -2.27. The number of aliphatic hydroxyl groups is 1. The van der Waals surface area contributed by atoms with Crippen LogP contribution in [0.4, 0.5) is 11.4 Å². The maximum Gasteiger partial charge on any atom is 0.265 e. The molecule has 0 bridgehead atoms. The number of pyridine rings is 1. The summed E-state index contributed by atoms with van der Waals surface area (Å²) in [6, 6.07) is 17.3. The van der Waals surface area contributed by atoms with Gasteiger partial charge >= 0.3 is 0 Å². The molecule has 0 saturated carbocycles. The van der Waals surface area contributed by atoms with Crippen molar-refractivity contribution in [2.45, 2.75) is 6.54 Å². The summed E-state index contributed by atoms with van der Waals surface area (Å²) in [5.74, 6) is -0.863. The Morgan fingerprint density at radius 1 is 0.914 bits per heavy atom. The molecule has 5 rings (SSSR count). The minimum Gasteiger partial charge on any atom is -1.00 e. The van der Waals surface area contributed by atoms with Crippen molar-refractivity contribution < 1.29 is 36.2 Å². The summed E-state index contributed by atoms with van der Waals surface area (Å²) < 4.78 is 1.87. The zero-order chi connectivity index (χ0) is 23.8. The van der Waals surface area contributed by atoms with Gasteiger partial charge in [-0.15, -0.1) is 0 Å². The van der Waals surface area contributed by atoms with Gasteiger partial charge in [0, 0.05) is 45.8 Å². The number of anilines is 1. The summed E-state index contributed by atoms with van der Waals surface area (Å²) in [5.41, 5.74) is 2.72. The van der Waals surface area contributed by atoms with Gasteiger partial charge in [-0.1, -0.05) is 35.3 Å². The predicted octanol–water partition coefficient (Wildman–Crippen LogP) is 1.98. The number of hydrogen-bond donors (Lipinski definition) is 1. The van der Waals surface area contributed by atoms with Crippen LogP contribution in [-0.2, 0) is 6.54 Å². The van der Waals surface area contributed by atoms with Crippen LogP contribution >= 0.6 is 23.2 Å². The molecule has 35 heavy (non-hydrogen) atoms. The van der Waals surface area contributed by atoms with E-state index in [0.29, 0.717) is 44.8 Å². The number of carbonyl (C=O) groups is 2. The van der Waals surface area contributed by atoms with Gasteiger partial charge in [-0.2, -0.15) is 0 Å². The van der Waals surface area contributed by atoms with E-state index in [1.54, 1.807) is 42.6 Å². The molecule has 4 aromatic rings. The molecule has 0 atom stereocenters. The van der Waals surface area contributed by atoms with Crippen LogP contribution in [0, 0.1) is 0 Å². The number of aliphatic imine (C=N–C) groups is 1. The lowest BCUT2D eigenvalue weighted by molar-refractivity contribution is -0.698. The van der Waals surface area contributed by atoms with Crippen LogP contribution in [0.5, 0.6) is 0 Å². The molecule has 1 aliphatic rings. The SMILES string of the molecule is O=C1c2cccc3c(N=Cc4cc[n+](CCO)cc4)ccc(c23)C(=O)N1c1ccc(Cl)c(Cl)c1.[Br-]. The summed E-state index contributed by atoms with van der Waals surface area (Å²) in [6.07, 6.45) is 5.45. The van der Waals surface area contributed by atoms with Crippen molar-refractivity contribution in [3.63, 3.8) is 0 Å². The fourth-order valence-electron chi connectivity index (χ4n) is 4.02. The second-order valence-electron chi connectivity index (χ2n) is 7.76. The van der Waals surface area contributed by atoms with Gasteiger partial charge in [-0.05, 0) is 36.4 Å². The highest BCUT2D eigenvalue weighted by Gasteiger charge is 2.34. The fourth-order valence-corrected chi connectivity index (χ4v) is 4.31. The van der Waals surface area contributed by atoms with E-state index in [-0.39, 0.29) is 28.6 Å². The molecule has 0 aliphatic carbocycles. The molecule has 0 radical (unpaired) electrons. The van der Waals surface area contributed by atoms with Crippen LogP contribution in [0.25, 0.3) is 10.8 Å². The minimum absolute atomic E-state index is 0. The van der Waals surface area contributed by atoms with Gasteiger partial charge < -0.3 is 22.1 Å². The minimum atomic E-state index is -0.431. The Morgan fingerprint density at radius 3 is 2.31 bits per heavy atom. The number of carbonyl (C=O) groups excluding carboxylic acids is 2. The topological polar surface area (TPSA) is 73.9 Å². The normalized spacial score (nSPS) is 12.9. The third-order valence-corrected chi connectivity index (χ3v) is 6.41. The average molecular weight is 571 g/mol. The van der Waals surface area contributed by atoms with Crippen LogP contribution in [0.1, 0.15) is 26.3 Å². The fraction of sp³-hybridized carbons (Fsp3) is 0.0769. The molecular formula is C26H18BrCl2N3O3. The van der Waals surface area contributed by atoms with Crippen LogP contribution in [0.3, 0.4) is 0 Å². The first-order valence-corrected chi connectivity index (χ1v) is 11.3. The number of halogens is 3. The number of hydrogen-bond acceptors (Lipinski definition) is 4. The number of benzene rings is 3. The number of aromatic nitrogens is 1. The lowest BCUT2D eigenvalue weighted by atomic mass is 9.92. The van der Waals surface area contributed by atoms with Gasteiger partial charge in [-0.3, -0.25) is 14.6 Å². The first-order valence-electron chi connectivity index (χ1n) is 10.5. The van der Waals surface area contributed by atoms with E-state index in [9.17, 15) is 9.59 Å². The van der Waals surface area contributed by atoms with Gasteiger partial charge in [0.1, 0.15) is 6.61 Å². The molecule has 6 nitrogen and oxygen atoms in total. The quantitative estimate of drug-likeness (QED) is 0.227. The van der Waals surface area contributed by atoms with E-state index < -0.39 is 11.8 Å². The molecule has 3 aromatic carbocycles. The summed E-state index contributed by atoms with van der Waals surface area (Å²) in [6.45, 7) is 0.590. The highest BCUT2D eigenvalue weighted by atomic mass is 79.9. The monoisotopic (exact) mass is 569 g/mol. The Morgan fingerprint density at radius 2 is 1.63 bits per heavy atom. The first-order chi connectivity index (χ1) is 16.5. The second-order valence-corrected chi connectivity index (χ2v) is 8.57. The third-order valence-electron chi connectivity index (χ3n) is 5.67. The van der Waals surface area contributed by atoms with E-state index in [0.717, 1.165) is 10.5 Å². The van der Waals surface area contributed by atoms with Crippen molar-refractivity contribution in [3.05, 3.63) is 99.8 Å². The van der Waals surface area contributed by atoms with Crippen LogP contribution in [0.15, 0.2) is 78.0 Å². The molecule has 0 spiro atoms. The van der Waals surface area contributed by atoms with Crippen molar-refractivity contribution in [2.75, 3.05) is 11.5 Å². The zero-order valence-electron chi connectivity index (χ0n) is 18.2. The van der Waals surface area contributed by atoms with Crippen LogP contribution in [0.2, 0.25) is 10.0 Å². The molecule has 0 fully saturated rings. The van der Waals surface area contributed by atoms with E-state index in [2.05, 4.69) is 4.99 Å². The largest absolute Gasteiger partial charge is 1.00 e. The average Bonchev–Trinajstić information content (AvgIpc) is 2.84. The predicted molar refractivity (Wildman–Crippen MR) is 133 cm³/mol. The number of aliphatic hydroxyl groups excluding tert-OH is 1. The van der Waals surface area contributed by atoms with Gasteiger partial charge in [0.15, 0.2) is 18.9 Å². The maximum atomic E-state index is 13.4. The van der Waals surface area contributed by atoms with Crippen molar-refractivity contribution in [2.24, 2.45) is 4.99 Å². The highest BCUT2D eigenvalue weighted by molar-refractivity contribution is 6.43. The number of rotatable bonds is 5. The van der Waals surface area contributed by atoms with Crippen molar-refractivity contribution in [3.8, 4) is 0 Å². The van der Waals surface area contributed by atoms with Crippen molar-refractivity contribution in [1.82, 2.24) is 0 Å². The van der Waals surface area contributed by atoms with Crippen molar-refractivity contribution in [1.29, 1.82) is 0 Å². The van der Waals surface area contributed by atoms with E-state index in [1.807, 2.05) is 35.2 Å². The van der Waals surface area contributed by atoms with Gasteiger partial charge in [0.25, 0.3) is 11.8 Å². The van der Waals surface area contributed by atoms with E-state index >= 15 is 0 Å². The summed E-state index contributed by atoms with van der Waals surface area (Å²) in [4.78, 5) is 32.4. The Hall–Kier alpha value is -3.10. The molecule has 9 heteroatoms. The lowest BCUT2D eigenvalue weighted by Crippen LogP contribution is -3.00. The highest BCUT2D eigenvalue weighted by Crippen LogP contribution is 2.38. The van der Waals surface area contributed by atoms with Crippen LogP contribution < -0.4 is 26.4 Å². The Bertz CT molecular complexity index is 1470. The van der Waals surface area contributed by atoms with E-state index in [1.165, 1.54) is 6.07 Å². The molecule has 176 valence electrons. The molecule has 1 aliphatic heterocycles. The van der Waals surface area contributed by atoms with Gasteiger partial charge in [0.05, 0.1) is 21.4 Å². The molecular weight excluding hydrogens is 553 g/mol.